The molecule has 2 rings (SSSR count). The monoisotopic (exact) mass is 242 g/mol. The Morgan fingerprint density at radius 2 is 2.11 bits per heavy atom. The Labute approximate surface area is 110 Å². The highest BCUT2D eigenvalue weighted by molar-refractivity contribution is 5.78. The number of benzene rings is 1. The quantitative estimate of drug-likeness (QED) is 0.767. The molecule has 0 amide bonds. The molecule has 0 spiro atoms. The average molecular weight is 242 g/mol. The standard InChI is InChI=1S/C17H22O/c1-13(18)11-14-5-4-6-16(12-14)15-7-9-17(2,3)10-8-15/h4-7,12H,8-11H2,1-3H3. The van der Waals surface area contributed by atoms with Gasteiger partial charge in [0.25, 0.3) is 0 Å². The molecule has 0 unspecified atom stereocenters. The highest BCUT2D eigenvalue weighted by Gasteiger charge is 2.21. The maximum atomic E-state index is 11.2. The molecule has 1 aromatic rings. The maximum absolute atomic E-state index is 11.2. The van der Waals surface area contributed by atoms with Gasteiger partial charge < -0.3 is 0 Å². The van der Waals surface area contributed by atoms with Crippen LogP contribution in [0.2, 0.25) is 0 Å². The van der Waals surface area contributed by atoms with E-state index in [2.05, 4.69) is 38.1 Å². The number of allylic oxidation sites excluding steroid dienone is 2. The summed E-state index contributed by atoms with van der Waals surface area (Å²) in [7, 11) is 0. The van der Waals surface area contributed by atoms with Gasteiger partial charge in [-0.1, -0.05) is 44.2 Å². The predicted molar refractivity (Wildman–Crippen MR) is 76.4 cm³/mol. The van der Waals surface area contributed by atoms with Gasteiger partial charge in [0.1, 0.15) is 5.78 Å². The lowest BCUT2D eigenvalue weighted by molar-refractivity contribution is -0.116. The summed E-state index contributed by atoms with van der Waals surface area (Å²) >= 11 is 0. The van der Waals surface area contributed by atoms with Crippen molar-refractivity contribution in [2.75, 3.05) is 0 Å². The van der Waals surface area contributed by atoms with Crippen LogP contribution in [-0.2, 0) is 11.2 Å². The van der Waals surface area contributed by atoms with E-state index in [1.807, 2.05) is 6.07 Å². The van der Waals surface area contributed by atoms with Crippen LogP contribution in [0.25, 0.3) is 5.57 Å². The number of Topliss-reactive ketones (excluding diaryl/α,β-unsaturated/α-hetero) is 1. The number of carbonyl (C=O) groups is 1. The Morgan fingerprint density at radius 3 is 2.72 bits per heavy atom. The number of rotatable bonds is 3. The third-order valence-electron chi connectivity index (χ3n) is 3.72. The van der Waals surface area contributed by atoms with Crippen LogP contribution in [0, 0.1) is 5.41 Å². The topological polar surface area (TPSA) is 17.1 Å². The summed E-state index contributed by atoms with van der Waals surface area (Å²) in [6.45, 7) is 6.30. The molecule has 0 fully saturated rings. The van der Waals surface area contributed by atoms with Crippen molar-refractivity contribution in [3.63, 3.8) is 0 Å². The van der Waals surface area contributed by atoms with Crippen molar-refractivity contribution in [3.05, 3.63) is 41.5 Å². The van der Waals surface area contributed by atoms with Crippen molar-refractivity contribution < 1.29 is 4.79 Å². The summed E-state index contributed by atoms with van der Waals surface area (Å²) in [6, 6.07) is 8.44. The van der Waals surface area contributed by atoms with E-state index in [-0.39, 0.29) is 5.78 Å². The Hall–Kier alpha value is -1.37. The van der Waals surface area contributed by atoms with E-state index in [1.165, 1.54) is 17.6 Å². The smallest absolute Gasteiger partial charge is 0.134 e. The van der Waals surface area contributed by atoms with Crippen LogP contribution in [0.5, 0.6) is 0 Å². The minimum Gasteiger partial charge on any atom is -0.300 e. The van der Waals surface area contributed by atoms with Crippen molar-refractivity contribution in [1.29, 1.82) is 0 Å². The lowest BCUT2D eigenvalue weighted by Crippen LogP contribution is -2.14. The van der Waals surface area contributed by atoms with Gasteiger partial charge in [-0.15, -0.1) is 0 Å². The van der Waals surface area contributed by atoms with Gasteiger partial charge >= 0.3 is 0 Å². The lowest BCUT2D eigenvalue weighted by atomic mass is 9.77. The summed E-state index contributed by atoms with van der Waals surface area (Å²) in [5.41, 5.74) is 4.32. The zero-order valence-corrected chi connectivity index (χ0v) is 11.6. The zero-order chi connectivity index (χ0) is 13.2. The zero-order valence-electron chi connectivity index (χ0n) is 11.6. The van der Waals surface area contributed by atoms with E-state index >= 15 is 0 Å². The first-order valence-corrected chi connectivity index (χ1v) is 6.74. The van der Waals surface area contributed by atoms with Crippen LogP contribution >= 0.6 is 0 Å². The molecule has 1 aliphatic rings. The van der Waals surface area contributed by atoms with Crippen molar-refractivity contribution >= 4 is 11.4 Å². The van der Waals surface area contributed by atoms with Crippen molar-refractivity contribution in [3.8, 4) is 0 Å². The molecule has 0 saturated heterocycles. The first-order valence-electron chi connectivity index (χ1n) is 6.74. The number of hydrogen-bond donors (Lipinski definition) is 0. The molecule has 1 aliphatic carbocycles. The number of ketones is 1. The van der Waals surface area contributed by atoms with Crippen LogP contribution in [-0.4, -0.2) is 5.78 Å². The van der Waals surface area contributed by atoms with Crippen LogP contribution in [0.1, 0.15) is 51.2 Å². The Morgan fingerprint density at radius 1 is 1.33 bits per heavy atom. The van der Waals surface area contributed by atoms with E-state index in [1.54, 1.807) is 6.92 Å². The van der Waals surface area contributed by atoms with Gasteiger partial charge in [0.15, 0.2) is 0 Å². The molecular formula is C17H22O. The molecule has 0 aromatic heterocycles. The van der Waals surface area contributed by atoms with Crippen molar-refractivity contribution in [2.45, 2.75) is 46.5 Å². The first-order chi connectivity index (χ1) is 8.46. The molecule has 0 N–H and O–H groups in total. The molecule has 96 valence electrons. The van der Waals surface area contributed by atoms with E-state index < -0.39 is 0 Å². The second-order valence-corrected chi connectivity index (χ2v) is 6.18. The predicted octanol–water partition coefficient (Wildman–Crippen LogP) is 4.41. The van der Waals surface area contributed by atoms with Crippen LogP contribution in [0.3, 0.4) is 0 Å². The van der Waals surface area contributed by atoms with Gasteiger partial charge in [-0.3, -0.25) is 4.79 Å². The summed E-state index contributed by atoms with van der Waals surface area (Å²) in [4.78, 5) is 11.2. The number of hydrogen-bond acceptors (Lipinski definition) is 1. The summed E-state index contributed by atoms with van der Waals surface area (Å²) in [5, 5.41) is 0. The molecule has 0 saturated carbocycles. The van der Waals surface area contributed by atoms with E-state index in [9.17, 15) is 4.79 Å². The van der Waals surface area contributed by atoms with Gasteiger partial charge in [0.05, 0.1) is 0 Å². The minimum atomic E-state index is 0.228. The normalized spacial score (nSPS) is 18.3. The summed E-state index contributed by atoms with van der Waals surface area (Å²) < 4.78 is 0. The van der Waals surface area contributed by atoms with E-state index in [0.717, 1.165) is 18.4 Å². The van der Waals surface area contributed by atoms with Crippen molar-refractivity contribution in [1.82, 2.24) is 0 Å². The minimum absolute atomic E-state index is 0.228. The Balaban J connectivity index is 2.19. The Bertz CT molecular complexity index is 480. The molecular weight excluding hydrogens is 220 g/mol. The Kier molecular flexibility index (Phi) is 3.70. The fourth-order valence-corrected chi connectivity index (χ4v) is 2.51. The summed E-state index contributed by atoms with van der Waals surface area (Å²) in [6.07, 6.45) is 6.47. The highest BCUT2D eigenvalue weighted by atomic mass is 16.1. The largest absolute Gasteiger partial charge is 0.300 e. The maximum Gasteiger partial charge on any atom is 0.134 e. The van der Waals surface area contributed by atoms with Crippen molar-refractivity contribution in [2.24, 2.45) is 5.41 Å². The second kappa shape index (κ2) is 5.09. The first kappa shape index (κ1) is 13.1. The van der Waals surface area contributed by atoms with Gasteiger partial charge in [0, 0.05) is 6.42 Å². The number of carbonyl (C=O) groups excluding carboxylic acids is 1. The highest BCUT2D eigenvalue weighted by Crippen LogP contribution is 2.37. The van der Waals surface area contributed by atoms with E-state index in [0.29, 0.717) is 11.8 Å². The fraction of sp³-hybridized carbons (Fsp3) is 0.471. The van der Waals surface area contributed by atoms with Gasteiger partial charge in [-0.05, 0) is 48.3 Å². The van der Waals surface area contributed by atoms with Gasteiger partial charge in [-0.2, -0.15) is 0 Å². The van der Waals surface area contributed by atoms with Gasteiger partial charge in [-0.25, -0.2) is 0 Å². The third kappa shape index (κ3) is 3.32. The average Bonchev–Trinajstić information content (AvgIpc) is 2.28. The van der Waals surface area contributed by atoms with Crippen LogP contribution < -0.4 is 0 Å². The SMILES string of the molecule is CC(=O)Cc1cccc(C2=CCC(C)(C)CC2)c1. The molecule has 0 aliphatic heterocycles. The molecule has 18 heavy (non-hydrogen) atoms. The molecule has 1 heteroatoms. The molecule has 1 nitrogen and oxygen atoms in total. The second-order valence-electron chi connectivity index (χ2n) is 6.18. The van der Waals surface area contributed by atoms with E-state index in [4.69, 9.17) is 0 Å². The third-order valence-corrected chi connectivity index (χ3v) is 3.72. The lowest BCUT2D eigenvalue weighted by Gasteiger charge is -2.28. The van der Waals surface area contributed by atoms with Crippen LogP contribution in [0.15, 0.2) is 30.3 Å². The molecule has 0 atom stereocenters. The molecule has 1 aromatic carbocycles. The van der Waals surface area contributed by atoms with Crippen LogP contribution in [0.4, 0.5) is 0 Å². The summed E-state index contributed by atoms with van der Waals surface area (Å²) in [5.74, 6) is 0.228. The molecule has 0 radical (unpaired) electrons. The molecule has 0 heterocycles. The fourth-order valence-electron chi connectivity index (χ4n) is 2.51. The molecule has 0 bridgehead atoms. The van der Waals surface area contributed by atoms with Gasteiger partial charge in [0.2, 0.25) is 0 Å².